The van der Waals surface area contributed by atoms with Crippen molar-refractivity contribution in [3.63, 3.8) is 0 Å². The van der Waals surface area contributed by atoms with Crippen molar-refractivity contribution >= 4 is 12.0 Å². The maximum Gasteiger partial charge on any atom is 0.421 e. The molecule has 15 heteroatoms. The van der Waals surface area contributed by atoms with Gasteiger partial charge >= 0.3 is 18.4 Å². The van der Waals surface area contributed by atoms with E-state index in [1.165, 1.54) is 23.2 Å². The maximum atomic E-state index is 13.5. The summed E-state index contributed by atoms with van der Waals surface area (Å²) in [6.07, 6.45) is -7.41. The number of amides is 1. The van der Waals surface area contributed by atoms with Crippen LogP contribution in [0.5, 0.6) is 5.75 Å². The van der Waals surface area contributed by atoms with E-state index in [-0.39, 0.29) is 37.8 Å². The lowest BCUT2D eigenvalue weighted by Gasteiger charge is -2.34. The van der Waals surface area contributed by atoms with E-state index in [1.54, 1.807) is 0 Å². The Bertz CT molecular complexity index is 1280. The Morgan fingerprint density at radius 1 is 0.917 bits per heavy atom. The number of piperazine rings is 1. The van der Waals surface area contributed by atoms with E-state index < -0.39 is 40.9 Å². The first-order valence-corrected chi connectivity index (χ1v) is 10.3. The van der Waals surface area contributed by atoms with Gasteiger partial charge in [0.05, 0.1) is 11.3 Å². The molecule has 1 amide bonds. The van der Waals surface area contributed by atoms with E-state index in [0.29, 0.717) is 24.2 Å². The molecule has 0 unspecified atom stereocenters. The third kappa shape index (κ3) is 5.55. The van der Waals surface area contributed by atoms with Crippen LogP contribution in [-0.4, -0.2) is 57.1 Å². The second kappa shape index (κ2) is 9.47. The van der Waals surface area contributed by atoms with Crippen LogP contribution in [-0.2, 0) is 12.4 Å². The molecule has 36 heavy (non-hydrogen) atoms. The molecular formula is C21H16F6N6O3. The van der Waals surface area contributed by atoms with Crippen LogP contribution in [0.15, 0.2) is 47.8 Å². The van der Waals surface area contributed by atoms with E-state index in [1.807, 2.05) is 0 Å². The molecule has 0 spiro atoms. The average Bonchev–Trinajstić information content (AvgIpc) is 2.83. The van der Waals surface area contributed by atoms with Gasteiger partial charge in [0, 0.05) is 68.7 Å². The number of aromatic nitrogens is 4. The number of carbonyl (C=O) groups excluding carboxylic acids is 1. The second-order valence-corrected chi connectivity index (χ2v) is 7.62. The normalized spacial score (nSPS) is 14.6. The minimum absolute atomic E-state index is 0.00241. The van der Waals surface area contributed by atoms with Crippen molar-refractivity contribution in [3.05, 3.63) is 64.5 Å². The number of halogens is 6. The lowest BCUT2D eigenvalue weighted by molar-refractivity contribution is -0.139. The minimum Gasteiger partial charge on any atom is -0.409 e. The van der Waals surface area contributed by atoms with Gasteiger partial charge in [0.25, 0.3) is 0 Å². The van der Waals surface area contributed by atoms with E-state index in [0.717, 1.165) is 11.0 Å². The molecule has 0 aliphatic carbocycles. The molecule has 1 fully saturated rings. The van der Waals surface area contributed by atoms with Gasteiger partial charge in [0.1, 0.15) is 11.3 Å². The van der Waals surface area contributed by atoms with Gasteiger partial charge in [-0.25, -0.2) is 14.8 Å². The quantitative estimate of drug-likeness (QED) is 0.533. The molecule has 1 aliphatic heterocycles. The van der Waals surface area contributed by atoms with Crippen LogP contribution < -0.4 is 15.2 Å². The Labute approximate surface area is 198 Å². The summed E-state index contributed by atoms with van der Waals surface area (Å²) in [5, 5.41) is 0. The zero-order valence-corrected chi connectivity index (χ0v) is 18.1. The molecule has 1 saturated heterocycles. The summed E-state index contributed by atoms with van der Waals surface area (Å²) < 4.78 is 83.6. The summed E-state index contributed by atoms with van der Waals surface area (Å²) >= 11 is 0. The zero-order chi connectivity index (χ0) is 26.1. The predicted molar refractivity (Wildman–Crippen MR) is 112 cm³/mol. The maximum absolute atomic E-state index is 13.5. The number of anilines is 1. The number of nitrogens with one attached hydrogen (secondary N) is 1. The number of pyridine rings is 2. The summed E-state index contributed by atoms with van der Waals surface area (Å²) in [4.78, 5) is 40.1. The van der Waals surface area contributed by atoms with Crippen LogP contribution in [0.1, 0.15) is 11.1 Å². The average molecular weight is 514 g/mol. The van der Waals surface area contributed by atoms with Crippen molar-refractivity contribution in [2.45, 2.75) is 12.4 Å². The van der Waals surface area contributed by atoms with Gasteiger partial charge in [-0.05, 0) is 6.07 Å². The van der Waals surface area contributed by atoms with Gasteiger partial charge in [-0.15, -0.1) is 0 Å². The molecule has 1 aliphatic rings. The van der Waals surface area contributed by atoms with Crippen LogP contribution in [0.3, 0.4) is 0 Å². The van der Waals surface area contributed by atoms with Crippen LogP contribution in [0, 0.1) is 0 Å². The largest absolute Gasteiger partial charge is 0.421 e. The molecule has 0 aromatic carbocycles. The highest BCUT2D eigenvalue weighted by Crippen LogP contribution is 2.37. The number of hydrogen-bond acceptors (Lipinski definition) is 7. The lowest BCUT2D eigenvalue weighted by Crippen LogP contribution is -2.50. The smallest absolute Gasteiger partial charge is 0.409 e. The van der Waals surface area contributed by atoms with Gasteiger partial charge in [0.2, 0.25) is 11.5 Å². The molecule has 3 aromatic rings. The fourth-order valence-electron chi connectivity index (χ4n) is 3.34. The van der Waals surface area contributed by atoms with Crippen molar-refractivity contribution in [2.75, 3.05) is 31.1 Å². The number of aromatic amines is 1. The van der Waals surface area contributed by atoms with E-state index in [4.69, 9.17) is 4.74 Å². The summed E-state index contributed by atoms with van der Waals surface area (Å²) in [6, 6.07) is 3.46. The van der Waals surface area contributed by atoms with E-state index in [9.17, 15) is 35.9 Å². The van der Waals surface area contributed by atoms with E-state index in [2.05, 4.69) is 19.9 Å². The molecule has 4 heterocycles. The van der Waals surface area contributed by atoms with Crippen molar-refractivity contribution in [2.24, 2.45) is 0 Å². The first-order chi connectivity index (χ1) is 16.9. The fourth-order valence-corrected chi connectivity index (χ4v) is 3.34. The number of alkyl halides is 6. The molecule has 4 rings (SSSR count). The Kier molecular flexibility index (Phi) is 6.56. The van der Waals surface area contributed by atoms with Crippen LogP contribution in [0.4, 0.5) is 37.1 Å². The SMILES string of the molecule is O=C(Oc1cc(-c2ccc(=O)[nH]c2)ncc1C(F)(F)F)N1CCN(c2ncc(C(F)(F)F)cn2)CC1. The van der Waals surface area contributed by atoms with Crippen LogP contribution in [0.2, 0.25) is 0 Å². The molecule has 0 radical (unpaired) electrons. The summed E-state index contributed by atoms with van der Waals surface area (Å²) in [5.41, 5.74) is -2.36. The summed E-state index contributed by atoms with van der Waals surface area (Å²) in [7, 11) is 0. The molecule has 0 atom stereocenters. The summed E-state index contributed by atoms with van der Waals surface area (Å²) in [5.74, 6) is -0.743. The minimum atomic E-state index is -4.86. The highest BCUT2D eigenvalue weighted by atomic mass is 19.4. The molecule has 9 nitrogen and oxygen atoms in total. The monoisotopic (exact) mass is 514 g/mol. The highest BCUT2D eigenvalue weighted by molar-refractivity contribution is 5.72. The first kappa shape index (κ1) is 24.9. The molecule has 190 valence electrons. The first-order valence-electron chi connectivity index (χ1n) is 10.3. The molecule has 1 N–H and O–H groups in total. The predicted octanol–water partition coefficient (Wildman–Crippen LogP) is 3.59. The Hall–Kier alpha value is -4.17. The molecular weight excluding hydrogens is 498 g/mol. The third-order valence-corrected chi connectivity index (χ3v) is 5.23. The number of hydrogen-bond donors (Lipinski definition) is 1. The number of nitrogens with zero attached hydrogens (tertiary/aromatic N) is 5. The molecule has 3 aromatic heterocycles. The van der Waals surface area contributed by atoms with Gasteiger partial charge in [-0.2, -0.15) is 26.3 Å². The second-order valence-electron chi connectivity index (χ2n) is 7.62. The van der Waals surface area contributed by atoms with Gasteiger partial charge < -0.3 is 19.5 Å². The number of carbonyl (C=O) groups is 1. The van der Waals surface area contributed by atoms with E-state index >= 15 is 0 Å². The van der Waals surface area contributed by atoms with Crippen molar-refractivity contribution in [1.82, 2.24) is 24.8 Å². The van der Waals surface area contributed by atoms with Gasteiger partial charge in [0.15, 0.2) is 0 Å². The zero-order valence-electron chi connectivity index (χ0n) is 18.1. The fraction of sp³-hybridized carbons (Fsp3) is 0.286. The number of H-pyrrole nitrogens is 1. The van der Waals surface area contributed by atoms with Crippen LogP contribution >= 0.6 is 0 Å². The number of ether oxygens (including phenoxy) is 1. The van der Waals surface area contributed by atoms with Crippen molar-refractivity contribution < 1.29 is 35.9 Å². The Balaban J connectivity index is 1.47. The Morgan fingerprint density at radius 3 is 2.14 bits per heavy atom. The topological polar surface area (TPSA) is 104 Å². The van der Waals surface area contributed by atoms with Gasteiger partial charge in [-0.1, -0.05) is 0 Å². The Morgan fingerprint density at radius 2 is 1.58 bits per heavy atom. The summed E-state index contributed by atoms with van der Waals surface area (Å²) in [6.45, 7) is 0.238. The molecule has 0 saturated carbocycles. The van der Waals surface area contributed by atoms with Crippen molar-refractivity contribution in [3.8, 4) is 17.0 Å². The third-order valence-electron chi connectivity index (χ3n) is 5.23. The van der Waals surface area contributed by atoms with Crippen molar-refractivity contribution in [1.29, 1.82) is 0 Å². The molecule has 0 bridgehead atoms. The highest BCUT2D eigenvalue weighted by Gasteiger charge is 2.37. The lowest BCUT2D eigenvalue weighted by atomic mass is 10.1. The van der Waals surface area contributed by atoms with Gasteiger partial charge in [-0.3, -0.25) is 9.78 Å². The number of rotatable bonds is 3. The standard InChI is InChI=1S/C21H16F6N6O3/c22-20(23,24)13-9-30-18(31-10-13)32-3-5-33(6-4-32)19(35)36-16-7-15(12-1-2-17(34)29-8-12)28-11-14(16)21(25,26)27/h1-2,7-11H,3-6H2,(H,29,34). The van der Waals surface area contributed by atoms with Crippen LogP contribution in [0.25, 0.3) is 11.3 Å².